The van der Waals surface area contributed by atoms with Gasteiger partial charge in [0.2, 0.25) is 0 Å². The molecule has 0 atom stereocenters. The maximum Gasteiger partial charge on any atom is 1.00 e. The summed E-state index contributed by atoms with van der Waals surface area (Å²) >= 11 is 0. The van der Waals surface area contributed by atoms with E-state index < -0.39 is 0 Å². The van der Waals surface area contributed by atoms with Gasteiger partial charge in [-0.2, -0.15) is 0 Å². The first-order valence-electron chi connectivity index (χ1n) is 0. The van der Waals surface area contributed by atoms with Gasteiger partial charge in [-0.1, -0.05) is 0 Å². The maximum atomic E-state index is 0. The summed E-state index contributed by atoms with van der Waals surface area (Å²) in [5.41, 5.74) is 0. The topological polar surface area (TPSA) is 63.0 Å². The van der Waals surface area contributed by atoms with Gasteiger partial charge in [-0.3, -0.25) is 0 Å². The Labute approximate surface area is 117 Å². The molecular weight excluding hydrogens is 273 g/mol. The van der Waals surface area contributed by atoms with Crippen LogP contribution in [-0.2, 0) is 67.4 Å². The summed E-state index contributed by atoms with van der Waals surface area (Å²) in [6.07, 6.45) is 0. The van der Waals surface area contributed by atoms with Crippen molar-refractivity contribution in [2.45, 2.75) is 0 Å². The first-order chi connectivity index (χ1) is 0. The minimum Gasteiger partial charge on any atom is -1.00 e. The van der Waals surface area contributed by atoms with E-state index in [1.807, 2.05) is 0 Å². The molecule has 3 radical (unpaired) electrons. The smallest absolute Gasteiger partial charge is 1.00 e. The molecule has 0 aliphatic rings. The van der Waals surface area contributed by atoms with Crippen molar-refractivity contribution in [2.75, 3.05) is 0 Å². The summed E-state index contributed by atoms with van der Waals surface area (Å²) < 4.78 is 0. The van der Waals surface area contributed by atoms with Crippen LogP contribution < -0.4 is 37.7 Å². The Morgan fingerprint density at radius 3 is 0.750 bits per heavy atom. The Bertz CT molecular complexity index is 25.2. The normalized spacial score (nSPS) is 0. The van der Waals surface area contributed by atoms with Crippen LogP contribution >= 0.6 is 0 Å². The van der Waals surface area contributed by atoms with Crippen molar-refractivity contribution in [3.63, 3.8) is 0 Å². The van der Waals surface area contributed by atoms with Crippen molar-refractivity contribution in [3.8, 4) is 0 Å². The van der Waals surface area contributed by atoms with Crippen molar-refractivity contribution in [1.82, 2.24) is 0 Å². The van der Waals surface area contributed by atoms with Crippen molar-refractivity contribution < 1.29 is 119 Å². The second kappa shape index (κ2) is 85.5. The molecule has 0 amide bonds. The first kappa shape index (κ1) is 116. The van der Waals surface area contributed by atoms with Crippen LogP contribution in [0.1, 0.15) is 2.85 Å². The summed E-state index contributed by atoms with van der Waals surface area (Å²) in [7, 11) is 0. The number of hydrogen-bond donors (Lipinski definition) is 0. The fourth-order valence-corrected chi connectivity index (χ4v) is 0. The summed E-state index contributed by atoms with van der Waals surface area (Å²) in [4.78, 5) is 0. The summed E-state index contributed by atoms with van der Waals surface area (Å²) in [6.45, 7) is 0. The Hall–Kier alpha value is 3.15. The second-order valence-corrected chi connectivity index (χ2v) is 0. The summed E-state index contributed by atoms with van der Waals surface area (Å²) in [5.74, 6) is 0. The molecule has 8 heavy (non-hydrogen) atoms. The van der Waals surface area contributed by atoms with E-state index in [0.29, 0.717) is 0 Å². The molecule has 53 valence electrons. The average Bonchev–Trinajstić information content (AvgIpc) is 0. The molecule has 8 heteroatoms. The van der Waals surface area contributed by atoms with Gasteiger partial charge in [-0.15, -0.1) is 0 Å². The minimum absolute atomic E-state index is 0. The number of hydrogen-bond acceptors (Lipinski definition) is 0. The van der Waals surface area contributed by atoms with Crippen molar-refractivity contribution in [2.24, 2.45) is 0 Å². The predicted octanol–water partition coefficient (Wildman–Crippen LogP) is -7.43. The van der Waals surface area contributed by atoms with Crippen LogP contribution in [0.3, 0.4) is 0 Å². The fraction of sp³-hybridized carbons (Fsp3) is 0. The van der Waals surface area contributed by atoms with Crippen LogP contribution in [0.5, 0.6) is 0 Å². The molecule has 0 rings (SSSR count). The van der Waals surface area contributed by atoms with Crippen LogP contribution in [0.15, 0.2) is 0 Å². The van der Waals surface area contributed by atoms with Gasteiger partial charge in [0.25, 0.3) is 0 Å². The van der Waals surface area contributed by atoms with E-state index >= 15 is 0 Å². The zero-order valence-electron chi connectivity index (χ0n) is 6.41. The summed E-state index contributed by atoms with van der Waals surface area (Å²) in [6, 6.07) is 0. The molecule has 0 spiro atoms. The van der Waals surface area contributed by atoms with Gasteiger partial charge in [-0.05, 0) is 0 Å². The van der Waals surface area contributed by atoms with Gasteiger partial charge < -0.3 is 13.8 Å². The van der Waals surface area contributed by atoms with Crippen LogP contribution in [0.25, 0.3) is 0 Å². The third-order valence-electron chi connectivity index (χ3n) is 0. The molecule has 0 aromatic heterocycles. The van der Waals surface area contributed by atoms with Gasteiger partial charge >= 0.3 is 37.7 Å². The van der Waals surface area contributed by atoms with E-state index in [9.17, 15) is 0 Å². The quantitative estimate of drug-likeness (QED) is 0.396. The van der Waals surface area contributed by atoms with Gasteiger partial charge in [0.05, 0.1) is 0 Å². The molecule has 4 N–H and O–H groups in total. The van der Waals surface area contributed by atoms with E-state index in [2.05, 4.69) is 0 Å². The fourth-order valence-electron chi connectivity index (χ4n) is 0. The SMILES string of the molecule is O.O.[Co].[H-].[H-].[Li+].[Li+].[Mn].[Mn].[Ni]. The summed E-state index contributed by atoms with van der Waals surface area (Å²) in [5, 5.41) is 0. The standard InChI is InChI=1S/Co.2Li.2Mn.Ni.2H2O.2H/h;;;;;;2*1H2;;/q;2*+1;;;;;;2*-1. The number of rotatable bonds is 0. The van der Waals surface area contributed by atoms with Crippen molar-refractivity contribution in [1.29, 1.82) is 0 Å². The largest absolute Gasteiger partial charge is 1.00 e. The van der Waals surface area contributed by atoms with Crippen molar-refractivity contribution >= 4 is 0 Å². The second-order valence-electron chi connectivity index (χ2n) is 0. The zero-order chi connectivity index (χ0) is 0. The molecule has 0 aromatic rings. The predicted molar refractivity (Wildman–Crippen MR) is 9.45 cm³/mol. The molecular formula is H6CoLi2Mn2NiO2. The molecule has 0 saturated heterocycles. The van der Waals surface area contributed by atoms with Crippen LogP contribution in [0.2, 0.25) is 0 Å². The molecule has 0 aliphatic carbocycles. The molecule has 0 fully saturated rings. The molecule has 0 saturated carbocycles. The van der Waals surface area contributed by atoms with Crippen LogP contribution in [0, 0.1) is 0 Å². The van der Waals surface area contributed by atoms with Gasteiger partial charge in [0.15, 0.2) is 0 Å². The van der Waals surface area contributed by atoms with Gasteiger partial charge in [0, 0.05) is 67.4 Å². The van der Waals surface area contributed by atoms with E-state index in [1.165, 1.54) is 0 Å². The zero-order valence-corrected chi connectivity index (χ0v) is 8.79. The first-order valence-corrected chi connectivity index (χ1v) is 0. The van der Waals surface area contributed by atoms with Crippen molar-refractivity contribution in [3.05, 3.63) is 0 Å². The minimum atomic E-state index is 0. The molecule has 0 aliphatic heterocycles. The average molecular weight is 279 g/mol. The van der Waals surface area contributed by atoms with Crippen LogP contribution in [-0.4, -0.2) is 11.0 Å². The molecule has 2 nitrogen and oxygen atoms in total. The maximum absolute atomic E-state index is 0. The van der Waals surface area contributed by atoms with Gasteiger partial charge in [0.1, 0.15) is 0 Å². The third kappa shape index (κ3) is 61.2. The van der Waals surface area contributed by atoms with Crippen LogP contribution in [0.4, 0.5) is 0 Å². The Morgan fingerprint density at radius 1 is 0.750 bits per heavy atom. The Balaban J connectivity index is 0. The molecule has 0 heterocycles. The molecule has 0 unspecified atom stereocenters. The molecule has 0 bridgehead atoms. The van der Waals surface area contributed by atoms with Gasteiger partial charge in [-0.25, -0.2) is 0 Å². The van der Waals surface area contributed by atoms with E-state index in [1.54, 1.807) is 0 Å². The Kier molecular flexibility index (Phi) is 1240. The monoisotopic (exact) mass is 279 g/mol. The van der Waals surface area contributed by atoms with E-state index in [0.717, 1.165) is 0 Å². The van der Waals surface area contributed by atoms with E-state index in [4.69, 9.17) is 0 Å². The molecule has 0 aromatic carbocycles. The third-order valence-corrected chi connectivity index (χ3v) is 0. The Morgan fingerprint density at radius 2 is 0.750 bits per heavy atom. The van der Waals surface area contributed by atoms with E-state index in [-0.39, 0.29) is 119 Å².